The number of benzene rings is 2. The van der Waals surface area contributed by atoms with Gasteiger partial charge in [0, 0.05) is 18.3 Å². The molecule has 3 aromatic rings. The number of carboxylic acid groups (broad SMARTS) is 1. The normalized spacial score (nSPS) is 10.3. The number of amides is 1. The van der Waals surface area contributed by atoms with Gasteiger partial charge in [-0.15, -0.1) is 0 Å². The third kappa shape index (κ3) is 4.70. The predicted octanol–water partition coefficient (Wildman–Crippen LogP) is 2.93. The number of carboxylic acids is 1. The highest BCUT2D eigenvalue weighted by atomic mass is 16.6. The largest absolute Gasteiger partial charge is 0.493 e. The van der Waals surface area contributed by atoms with Crippen LogP contribution in [-0.4, -0.2) is 38.8 Å². The van der Waals surface area contributed by atoms with Gasteiger partial charge < -0.3 is 19.9 Å². The van der Waals surface area contributed by atoms with Crippen molar-refractivity contribution in [3.8, 4) is 17.2 Å². The Morgan fingerprint density at radius 2 is 1.93 bits per heavy atom. The summed E-state index contributed by atoms with van der Waals surface area (Å²) in [5.41, 5.74) is -0.365. The van der Waals surface area contributed by atoms with Crippen molar-refractivity contribution in [1.29, 1.82) is 0 Å². The lowest BCUT2D eigenvalue weighted by molar-refractivity contribution is -0.384. The molecule has 0 saturated carbocycles. The molecule has 0 saturated heterocycles. The van der Waals surface area contributed by atoms with Crippen LogP contribution in [0.25, 0.3) is 0 Å². The van der Waals surface area contributed by atoms with E-state index in [4.69, 9.17) is 14.6 Å². The molecule has 3 rings (SSSR count). The Labute approximate surface area is 169 Å². The minimum atomic E-state index is -1.23. The van der Waals surface area contributed by atoms with Crippen molar-refractivity contribution in [3.63, 3.8) is 0 Å². The molecule has 0 aliphatic carbocycles. The topological polar surface area (TPSA) is 146 Å². The van der Waals surface area contributed by atoms with Gasteiger partial charge in [0.25, 0.3) is 5.69 Å². The number of para-hydroxylation sites is 2. The van der Waals surface area contributed by atoms with Crippen molar-refractivity contribution < 1.29 is 29.1 Å². The van der Waals surface area contributed by atoms with Crippen LogP contribution in [0.3, 0.4) is 0 Å². The number of nitrogens with one attached hydrogen (secondary N) is 1. The molecular formula is C19H16N4O7. The second-order valence-electron chi connectivity index (χ2n) is 5.95. The first-order valence-corrected chi connectivity index (χ1v) is 8.52. The summed E-state index contributed by atoms with van der Waals surface area (Å²) in [6.45, 7) is -0.389. The lowest BCUT2D eigenvalue weighted by Gasteiger charge is -2.12. The molecule has 1 amide bonds. The Kier molecular flexibility index (Phi) is 5.92. The van der Waals surface area contributed by atoms with Gasteiger partial charge in [-0.05, 0) is 18.2 Å². The zero-order valence-electron chi connectivity index (χ0n) is 15.6. The smallest absolute Gasteiger partial charge is 0.354 e. The van der Waals surface area contributed by atoms with Crippen molar-refractivity contribution >= 4 is 23.3 Å². The molecule has 30 heavy (non-hydrogen) atoms. The predicted molar refractivity (Wildman–Crippen MR) is 104 cm³/mol. The Balaban J connectivity index is 1.83. The molecule has 0 unspecified atom stereocenters. The van der Waals surface area contributed by atoms with Gasteiger partial charge in [0.1, 0.15) is 18.0 Å². The van der Waals surface area contributed by atoms with Gasteiger partial charge in [0.05, 0.1) is 23.8 Å². The molecule has 0 aliphatic heterocycles. The monoisotopic (exact) mass is 412 g/mol. The highest BCUT2D eigenvalue weighted by molar-refractivity contribution is 5.92. The number of rotatable bonds is 8. The van der Waals surface area contributed by atoms with Crippen molar-refractivity contribution in [2.45, 2.75) is 6.54 Å². The Morgan fingerprint density at radius 1 is 1.20 bits per heavy atom. The van der Waals surface area contributed by atoms with E-state index in [1.165, 1.54) is 31.5 Å². The van der Waals surface area contributed by atoms with E-state index in [-0.39, 0.29) is 29.4 Å². The molecule has 0 spiro atoms. The number of anilines is 1. The molecule has 2 aromatic carbocycles. The molecule has 1 heterocycles. The highest BCUT2D eigenvalue weighted by Gasteiger charge is 2.16. The molecule has 0 radical (unpaired) electrons. The number of carbonyl (C=O) groups is 2. The molecule has 11 heteroatoms. The van der Waals surface area contributed by atoms with Gasteiger partial charge in [-0.1, -0.05) is 12.1 Å². The fraction of sp³-hybridized carbons (Fsp3) is 0.105. The summed E-state index contributed by atoms with van der Waals surface area (Å²) in [4.78, 5) is 34.1. The number of nitro groups is 1. The molecule has 154 valence electrons. The lowest BCUT2D eigenvalue weighted by atomic mass is 10.2. The number of carbonyl (C=O) groups excluding carboxylic acids is 1. The van der Waals surface area contributed by atoms with E-state index in [9.17, 15) is 19.7 Å². The van der Waals surface area contributed by atoms with Crippen LogP contribution in [0, 0.1) is 10.1 Å². The zero-order valence-corrected chi connectivity index (χ0v) is 15.6. The molecule has 0 aliphatic rings. The van der Waals surface area contributed by atoms with E-state index in [0.29, 0.717) is 11.5 Å². The summed E-state index contributed by atoms with van der Waals surface area (Å²) in [5, 5.41) is 26.6. The fourth-order valence-corrected chi connectivity index (χ4v) is 2.63. The van der Waals surface area contributed by atoms with Gasteiger partial charge in [0.2, 0.25) is 5.91 Å². The van der Waals surface area contributed by atoms with Crippen LogP contribution in [0.5, 0.6) is 17.2 Å². The number of nitrogens with zero attached hydrogens (tertiary/aromatic N) is 3. The first kappa shape index (κ1) is 20.3. The van der Waals surface area contributed by atoms with E-state index >= 15 is 0 Å². The molecule has 1 aromatic heterocycles. The van der Waals surface area contributed by atoms with Crippen LogP contribution in [0.4, 0.5) is 11.4 Å². The van der Waals surface area contributed by atoms with Gasteiger partial charge in [0.15, 0.2) is 11.5 Å². The van der Waals surface area contributed by atoms with E-state index in [2.05, 4.69) is 10.4 Å². The van der Waals surface area contributed by atoms with Crippen molar-refractivity contribution in [2.24, 2.45) is 0 Å². The van der Waals surface area contributed by atoms with Crippen LogP contribution >= 0.6 is 0 Å². The Morgan fingerprint density at radius 3 is 2.60 bits per heavy atom. The first-order chi connectivity index (χ1) is 14.4. The molecule has 0 fully saturated rings. The molecule has 0 bridgehead atoms. The summed E-state index contributed by atoms with van der Waals surface area (Å²) >= 11 is 0. The lowest BCUT2D eigenvalue weighted by Crippen LogP contribution is -2.22. The summed E-state index contributed by atoms with van der Waals surface area (Å²) in [5.74, 6) is -0.989. The van der Waals surface area contributed by atoms with Crippen molar-refractivity contribution in [2.75, 3.05) is 12.4 Å². The number of nitro benzene ring substituents is 1. The van der Waals surface area contributed by atoms with Crippen LogP contribution < -0.4 is 14.8 Å². The number of aromatic nitrogens is 2. The average molecular weight is 412 g/mol. The third-order valence-corrected chi connectivity index (χ3v) is 3.91. The van der Waals surface area contributed by atoms with Crippen LogP contribution in [0.1, 0.15) is 10.5 Å². The maximum absolute atomic E-state index is 12.3. The van der Waals surface area contributed by atoms with E-state index in [1.54, 1.807) is 24.3 Å². The second kappa shape index (κ2) is 8.73. The van der Waals surface area contributed by atoms with Gasteiger partial charge in [-0.2, -0.15) is 5.10 Å². The number of aromatic carboxylic acids is 1. The maximum atomic E-state index is 12.3. The summed E-state index contributed by atoms with van der Waals surface area (Å²) in [7, 11) is 1.46. The van der Waals surface area contributed by atoms with Crippen LogP contribution in [-0.2, 0) is 11.3 Å². The first-order valence-electron chi connectivity index (χ1n) is 8.52. The van der Waals surface area contributed by atoms with Crippen molar-refractivity contribution in [3.05, 3.63) is 70.5 Å². The molecular weight excluding hydrogens is 396 g/mol. The SMILES string of the molecule is COc1ccccc1Oc1cc(NC(=O)Cn2nccc2C(=O)O)cc([N+](=O)[O-])c1. The van der Waals surface area contributed by atoms with Crippen LogP contribution in [0.2, 0.25) is 0 Å². The Bertz CT molecular complexity index is 1110. The number of methoxy groups -OCH3 is 1. The fourth-order valence-electron chi connectivity index (χ4n) is 2.63. The summed E-state index contributed by atoms with van der Waals surface area (Å²) in [6.07, 6.45) is 1.25. The maximum Gasteiger partial charge on any atom is 0.354 e. The molecule has 2 N–H and O–H groups in total. The highest BCUT2D eigenvalue weighted by Crippen LogP contribution is 2.34. The molecule has 0 atom stereocenters. The quantitative estimate of drug-likeness (QED) is 0.424. The molecule has 11 nitrogen and oxygen atoms in total. The van der Waals surface area contributed by atoms with Gasteiger partial charge >= 0.3 is 5.97 Å². The minimum Gasteiger partial charge on any atom is -0.493 e. The Hall–Kier alpha value is -4.41. The standard InChI is InChI=1S/C19H16N4O7/c1-29-16-4-2-3-5-17(16)30-14-9-12(8-13(10-14)23(27)28)21-18(24)11-22-15(19(25)26)6-7-20-22/h2-10H,11H2,1H3,(H,21,24)(H,25,26). The number of hydrogen-bond acceptors (Lipinski definition) is 7. The number of ether oxygens (including phenoxy) is 2. The van der Waals surface area contributed by atoms with Gasteiger partial charge in [-0.3, -0.25) is 14.9 Å². The third-order valence-electron chi connectivity index (χ3n) is 3.91. The summed E-state index contributed by atoms with van der Waals surface area (Å²) < 4.78 is 11.9. The van der Waals surface area contributed by atoms with Crippen molar-refractivity contribution in [1.82, 2.24) is 9.78 Å². The average Bonchev–Trinajstić information content (AvgIpc) is 3.16. The van der Waals surface area contributed by atoms with E-state index in [1.807, 2.05) is 0 Å². The summed E-state index contributed by atoms with van der Waals surface area (Å²) in [6, 6.07) is 11.8. The number of non-ortho nitro benzene ring substituents is 1. The zero-order chi connectivity index (χ0) is 21.7. The van der Waals surface area contributed by atoms with E-state index in [0.717, 1.165) is 10.7 Å². The minimum absolute atomic E-state index is 0.100. The van der Waals surface area contributed by atoms with Gasteiger partial charge in [-0.25, -0.2) is 9.48 Å². The van der Waals surface area contributed by atoms with Crippen LogP contribution in [0.15, 0.2) is 54.7 Å². The van der Waals surface area contributed by atoms with E-state index < -0.39 is 16.8 Å². The number of hydrogen-bond donors (Lipinski definition) is 2. The second-order valence-corrected chi connectivity index (χ2v) is 5.95.